The molecule has 7 heteroatoms. The maximum Gasteiger partial charge on any atom is 0.514 e. The van der Waals surface area contributed by atoms with Gasteiger partial charge >= 0.3 is 14.9 Å². The van der Waals surface area contributed by atoms with Crippen molar-refractivity contribution < 1.29 is 22.0 Å². The summed E-state index contributed by atoms with van der Waals surface area (Å²) in [6, 6.07) is 3.48. The first kappa shape index (κ1) is 16.1. The van der Waals surface area contributed by atoms with E-state index in [0.29, 0.717) is 23.7 Å². The minimum atomic E-state index is -4.71. The Morgan fingerprint density at radius 1 is 1.32 bits per heavy atom. The largest absolute Gasteiger partial charge is 0.514 e. The molecule has 1 heterocycles. The molecule has 0 saturated carbocycles. The second-order valence-electron chi connectivity index (χ2n) is 4.11. The van der Waals surface area contributed by atoms with E-state index in [2.05, 4.69) is 9.41 Å². The van der Waals surface area contributed by atoms with E-state index in [1.165, 1.54) is 7.11 Å². The van der Waals surface area contributed by atoms with Crippen molar-refractivity contribution in [2.45, 2.75) is 39.1 Å². The van der Waals surface area contributed by atoms with Crippen LogP contribution in [0.4, 0.5) is 13.2 Å². The third kappa shape index (κ3) is 4.02. The molecule has 1 rings (SSSR count). The fourth-order valence-electron chi connectivity index (χ4n) is 2.08. The molecule has 1 aromatic heterocycles. The second-order valence-corrected chi connectivity index (χ2v) is 7.26. The average Bonchev–Trinajstić information content (AvgIpc) is 2.36. The molecule has 0 aliphatic carbocycles. The zero-order chi connectivity index (χ0) is 14.5. The molecule has 3 nitrogen and oxygen atoms in total. The lowest BCUT2D eigenvalue weighted by atomic mass is 10.3. The summed E-state index contributed by atoms with van der Waals surface area (Å²) in [5, 5.41) is 0.471. The third-order valence-electron chi connectivity index (χ3n) is 2.82. The van der Waals surface area contributed by atoms with E-state index in [1.807, 2.05) is 13.8 Å². The monoisotopic (exact) mass is 293 g/mol. The smallest absolute Gasteiger partial charge is 0.394 e. The summed E-state index contributed by atoms with van der Waals surface area (Å²) >= 11 is 0. The fourth-order valence-corrected chi connectivity index (χ4v) is 5.13. The van der Waals surface area contributed by atoms with Gasteiger partial charge in [0.05, 0.1) is 0 Å². The zero-order valence-electron chi connectivity index (χ0n) is 11.3. The van der Waals surface area contributed by atoms with Crippen LogP contribution >= 0.6 is 0 Å². The molecular weight excluding hydrogens is 275 g/mol. The van der Waals surface area contributed by atoms with Gasteiger partial charge in [-0.15, -0.1) is 13.2 Å². The summed E-state index contributed by atoms with van der Waals surface area (Å²) < 4.78 is 47.7. The van der Waals surface area contributed by atoms with Crippen LogP contribution in [0.2, 0.25) is 6.04 Å². The van der Waals surface area contributed by atoms with Gasteiger partial charge in [-0.1, -0.05) is 26.3 Å². The van der Waals surface area contributed by atoms with Crippen molar-refractivity contribution in [3.63, 3.8) is 0 Å². The first-order valence-electron chi connectivity index (χ1n) is 6.15. The van der Waals surface area contributed by atoms with Crippen LogP contribution in [0.3, 0.4) is 0 Å². The number of pyridine rings is 1. The number of halogens is 3. The van der Waals surface area contributed by atoms with E-state index < -0.39 is 14.9 Å². The highest BCUT2D eigenvalue weighted by Crippen LogP contribution is 2.27. The highest BCUT2D eigenvalue weighted by molar-refractivity contribution is 6.81. The van der Waals surface area contributed by atoms with Gasteiger partial charge in [-0.3, -0.25) is 4.98 Å². The van der Waals surface area contributed by atoms with Gasteiger partial charge in [-0.2, -0.15) is 0 Å². The Labute approximate surface area is 112 Å². The molecule has 1 atom stereocenters. The fraction of sp³-hybridized carbons (Fsp3) is 0.583. The van der Waals surface area contributed by atoms with Crippen LogP contribution in [0.15, 0.2) is 18.3 Å². The Balaban J connectivity index is 3.28. The molecule has 19 heavy (non-hydrogen) atoms. The van der Waals surface area contributed by atoms with Gasteiger partial charge in [0.1, 0.15) is 0 Å². The van der Waals surface area contributed by atoms with Crippen LogP contribution in [0, 0.1) is 0 Å². The minimum Gasteiger partial charge on any atom is -0.394 e. The van der Waals surface area contributed by atoms with Crippen LogP contribution in [0.5, 0.6) is 0 Å². The number of aryl methyl sites for hydroxylation is 1. The summed E-state index contributed by atoms with van der Waals surface area (Å²) in [7, 11) is -2.26. The van der Waals surface area contributed by atoms with Crippen molar-refractivity contribution in [1.29, 1.82) is 0 Å². The average molecular weight is 293 g/mol. The molecule has 0 aliphatic heterocycles. The molecule has 0 aromatic carbocycles. The number of rotatable bonds is 6. The van der Waals surface area contributed by atoms with Gasteiger partial charge in [-0.25, -0.2) is 0 Å². The topological polar surface area (TPSA) is 31.4 Å². The highest BCUT2D eigenvalue weighted by atomic mass is 28.4. The van der Waals surface area contributed by atoms with Gasteiger partial charge in [0.15, 0.2) is 0 Å². The molecule has 0 radical (unpaired) electrons. The molecule has 0 fully saturated rings. The maximum atomic E-state index is 12.7. The SMILES string of the molecule is CCC[Si](OC)(OC(F)(F)F)c1cccnc1CC. The molecule has 0 aliphatic rings. The van der Waals surface area contributed by atoms with Gasteiger partial charge in [0.25, 0.3) is 0 Å². The van der Waals surface area contributed by atoms with Crippen LogP contribution < -0.4 is 5.19 Å². The van der Waals surface area contributed by atoms with E-state index in [1.54, 1.807) is 18.3 Å². The Morgan fingerprint density at radius 2 is 2.00 bits per heavy atom. The normalized spacial score (nSPS) is 15.3. The van der Waals surface area contributed by atoms with Crippen molar-refractivity contribution in [3.8, 4) is 0 Å². The molecule has 0 spiro atoms. The molecule has 0 saturated heterocycles. The first-order valence-corrected chi connectivity index (χ1v) is 8.17. The van der Waals surface area contributed by atoms with E-state index in [4.69, 9.17) is 4.43 Å². The summed E-state index contributed by atoms with van der Waals surface area (Å²) in [6.07, 6.45) is -2.05. The van der Waals surface area contributed by atoms with Crippen molar-refractivity contribution >= 4 is 13.7 Å². The van der Waals surface area contributed by atoms with Crippen LogP contribution in [-0.2, 0) is 15.3 Å². The van der Waals surface area contributed by atoms with Gasteiger partial charge < -0.3 is 8.85 Å². The predicted octanol–water partition coefficient (Wildman–Crippen LogP) is 2.89. The third-order valence-corrected chi connectivity index (χ3v) is 6.48. The lowest BCUT2D eigenvalue weighted by Crippen LogP contribution is -2.57. The van der Waals surface area contributed by atoms with Crippen molar-refractivity contribution in [3.05, 3.63) is 24.0 Å². The number of hydrogen-bond acceptors (Lipinski definition) is 3. The Morgan fingerprint density at radius 3 is 2.47 bits per heavy atom. The van der Waals surface area contributed by atoms with E-state index >= 15 is 0 Å². The molecule has 0 amide bonds. The molecule has 1 aromatic rings. The van der Waals surface area contributed by atoms with Gasteiger partial charge in [-0.05, 0) is 18.5 Å². The lowest BCUT2D eigenvalue weighted by molar-refractivity contribution is -0.286. The molecule has 1 unspecified atom stereocenters. The maximum absolute atomic E-state index is 12.7. The van der Waals surface area contributed by atoms with Gasteiger partial charge in [0.2, 0.25) is 0 Å². The van der Waals surface area contributed by atoms with Crippen LogP contribution in [0.1, 0.15) is 26.0 Å². The molecule has 0 N–H and O–H groups in total. The number of alkyl halides is 3. The standard InChI is InChI=1S/C12H18F3NO2Si/c1-4-9-19(17-3,18-12(13,14)15)11-7-6-8-16-10(11)5-2/h6-8H,4-5,9H2,1-3H3. The number of hydrogen-bond donors (Lipinski definition) is 0. The Hall–Kier alpha value is -0.923. The molecular formula is C12H18F3NO2Si. The van der Waals surface area contributed by atoms with Crippen molar-refractivity contribution in [2.75, 3.05) is 7.11 Å². The summed E-state index contributed by atoms with van der Waals surface area (Å²) in [5.74, 6) is 0. The van der Waals surface area contributed by atoms with Gasteiger partial charge in [0, 0.05) is 24.2 Å². The van der Waals surface area contributed by atoms with E-state index in [9.17, 15) is 13.2 Å². The van der Waals surface area contributed by atoms with Crippen molar-refractivity contribution in [2.24, 2.45) is 0 Å². The second kappa shape index (κ2) is 6.49. The summed E-state index contributed by atoms with van der Waals surface area (Å²) in [5.41, 5.74) is 0.605. The molecule has 108 valence electrons. The minimum absolute atomic E-state index is 0.238. The Bertz CT molecular complexity index is 414. The lowest BCUT2D eigenvalue weighted by Gasteiger charge is -2.31. The Kier molecular flexibility index (Phi) is 5.51. The quantitative estimate of drug-likeness (QED) is 0.756. The predicted molar refractivity (Wildman–Crippen MR) is 68.3 cm³/mol. The van der Waals surface area contributed by atoms with Crippen LogP contribution in [-0.4, -0.2) is 27.0 Å². The van der Waals surface area contributed by atoms with Crippen LogP contribution in [0.25, 0.3) is 0 Å². The number of aromatic nitrogens is 1. The highest BCUT2D eigenvalue weighted by Gasteiger charge is 2.49. The first-order chi connectivity index (χ1) is 8.88. The van der Waals surface area contributed by atoms with E-state index in [0.717, 1.165) is 0 Å². The summed E-state index contributed by atoms with van der Waals surface area (Å²) in [4.78, 5) is 4.13. The molecule has 0 bridgehead atoms. The number of nitrogens with zero attached hydrogens (tertiary/aromatic N) is 1. The van der Waals surface area contributed by atoms with Crippen molar-refractivity contribution in [1.82, 2.24) is 4.98 Å². The van der Waals surface area contributed by atoms with E-state index in [-0.39, 0.29) is 6.04 Å². The zero-order valence-corrected chi connectivity index (χ0v) is 12.3. The summed E-state index contributed by atoms with van der Waals surface area (Å²) in [6.45, 7) is 3.66.